The van der Waals surface area contributed by atoms with Crippen LogP contribution in [0.3, 0.4) is 0 Å². The number of nitrogens with one attached hydrogen (secondary N) is 1. The van der Waals surface area contributed by atoms with Gasteiger partial charge in [0.1, 0.15) is 0 Å². The van der Waals surface area contributed by atoms with Gasteiger partial charge in [0.15, 0.2) is 4.96 Å². The van der Waals surface area contributed by atoms with Gasteiger partial charge in [-0.15, -0.1) is 11.3 Å². The van der Waals surface area contributed by atoms with Crippen LogP contribution in [0.25, 0.3) is 16.2 Å². The standard InChI is InChI=1S/C21H25N3OS/c1-15-14-26-21-23-19(13-24(15)21)17-8-10-18(11-9-17)22-20(25)12-7-16-5-3-2-4-6-16/h8-11,13-14,16H,2-7,12H2,1H3,(H,22,25). The molecular formula is C21H25N3OS. The number of fused-ring (bicyclic) bond motifs is 1. The van der Waals surface area contributed by atoms with Gasteiger partial charge in [0.25, 0.3) is 0 Å². The summed E-state index contributed by atoms with van der Waals surface area (Å²) in [5, 5.41) is 5.14. The van der Waals surface area contributed by atoms with Crippen molar-refractivity contribution in [3.8, 4) is 11.3 Å². The number of benzene rings is 1. The van der Waals surface area contributed by atoms with E-state index in [1.165, 1.54) is 37.8 Å². The lowest BCUT2D eigenvalue weighted by Crippen LogP contribution is -2.14. The maximum absolute atomic E-state index is 12.2. The van der Waals surface area contributed by atoms with E-state index in [-0.39, 0.29) is 5.91 Å². The Morgan fingerprint density at radius 2 is 2.00 bits per heavy atom. The van der Waals surface area contributed by atoms with Gasteiger partial charge < -0.3 is 5.32 Å². The summed E-state index contributed by atoms with van der Waals surface area (Å²) in [5.41, 5.74) is 4.10. The van der Waals surface area contributed by atoms with Crippen molar-refractivity contribution in [3.05, 3.63) is 41.5 Å². The molecular weight excluding hydrogens is 342 g/mol. The summed E-state index contributed by atoms with van der Waals surface area (Å²) in [7, 11) is 0. The fourth-order valence-corrected chi connectivity index (χ4v) is 4.64. The molecule has 1 aliphatic carbocycles. The third kappa shape index (κ3) is 3.83. The number of carbonyl (C=O) groups excluding carboxylic acids is 1. The number of rotatable bonds is 5. The summed E-state index contributed by atoms with van der Waals surface area (Å²) < 4.78 is 2.11. The Morgan fingerprint density at radius 3 is 2.73 bits per heavy atom. The molecule has 1 N–H and O–H groups in total. The number of hydrogen-bond acceptors (Lipinski definition) is 3. The molecule has 0 radical (unpaired) electrons. The van der Waals surface area contributed by atoms with E-state index in [0.717, 1.165) is 34.2 Å². The van der Waals surface area contributed by atoms with Crippen LogP contribution in [0, 0.1) is 12.8 Å². The van der Waals surface area contributed by atoms with Crippen molar-refractivity contribution in [2.75, 3.05) is 5.32 Å². The zero-order valence-electron chi connectivity index (χ0n) is 15.2. The van der Waals surface area contributed by atoms with Crippen LogP contribution >= 0.6 is 11.3 Å². The highest BCUT2D eigenvalue weighted by molar-refractivity contribution is 7.15. The number of imidazole rings is 1. The fourth-order valence-electron chi connectivity index (χ4n) is 3.79. The van der Waals surface area contributed by atoms with Gasteiger partial charge in [0.2, 0.25) is 5.91 Å². The first-order valence-corrected chi connectivity index (χ1v) is 10.4. The van der Waals surface area contributed by atoms with E-state index in [1.54, 1.807) is 11.3 Å². The van der Waals surface area contributed by atoms with E-state index in [2.05, 4.69) is 33.2 Å². The first-order valence-electron chi connectivity index (χ1n) is 9.52. The molecule has 26 heavy (non-hydrogen) atoms. The largest absolute Gasteiger partial charge is 0.326 e. The van der Waals surface area contributed by atoms with E-state index >= 15 is 0 Å². The Kier molecular flexibility index (Phi) is 5.07. The summed E-state index contributed by atoms with van der Waals surface area (Å²) in [6.07, 6.45) is 10.3. The molecule has 0 bridgehead atoms. The topological polar surface area (TPSA) is 46.4 Å². The van der Waals surface area contributed by atoms with Crippen LogP contribution in [-0.4, -0.2) is 15.3 Å². The molecule has 0 aliphatic heterocycles. The molecule has 0 spiro atoms. The lowest BCUT2D eigenvalue weighted by molar-refractivity contribution is -0.116. The quantitative estimate of drug-likeness (QED) is 0.631. The number of thiazole rings is 1. The van der Waals surface area contributed by atoms with E-state index < -0.39 is 0 Å². The molecule has 4 rings (SSSR count). The second kappa shape index (κ2) is 7.62. The Morgan fingerprint density at radius 1 is 1.23 bits per heavy atom. The number of hydrogen-bond donors (Lipinski definition) is 1. The molecule has 5 heteroatoms. The smallest absolute Gasteiger partial charge is 0.224 e. The minimum atomic E-state index is 0.126. The number of aromatic nitrogens is 2. The van der Waals surface area contributed by atoms with Gasteiger partial charge in [0.05, 0.1) is 5.69 Å². The molecule has 136 valence electrons. The summed E-state index contributed by atoms with van der Waals surface area (Å²) in [4.78, 5) is 17.9. The molecule has 1 amide bonds. The Balaban J connectivity index is 1.35. The molecule has 2 aromatic heterocycles. The van der Waals surface area contributed by atoms with Crippen molar-refractivity contribution in [2.24, 2.45) is 5.92 Å². The van der Waals surface area contributed by atoms with Gasteiger partial charge in [-0.25, -0.2) is 4.98 Å². The molecule has 0 saturated heterocycles. The van der Waals surface area contributed by atoms with Crippen LogP contribution in [0.4, 0.5) is 5.69 Å². The van der Waals surface area contributed by atoms with Crippen molar-refractivity contribution in [3.63, 3.8) is 0 Å². The fraction of sp³-hybridized carbons (Fsp3) is 0.429. The van der Waals surface area contributed by atoms with Crippen molar-refractivity contribution < 1.29 is 4.79 Å². The van der Waals surface area contributed by atoms with Crippen LogP contribution in [0.5, 0.6) is 0 Å². The van der Waals surface area contributed by atoms with Gasteiger partial charge in [-0.3, -0.25) is 9.20 Å². The van der Waals surface area contributed by atoms with E-state index in [4.69, 9.17) is 0 Å². The van der Waals surface area contributed by atoms with Crippen LogP contribution in [0.1, 0.15) is 50.6 Å². The van der Waals surface area contributed by atoms with Gasteiger partial charge in [-0.1, -0.05) is 44.2 Å². The van der Waals surface area contributed by atoms with Gasteiger partial charge in [-0.2, -0.15) is 0 Å². The van der Waals surface area contributed by atoms with E-state index in [1.807, 2.05) is 24.3 Å². The van der Waals surface area contributed by atoms with Crippen molar-refractivity contribution >= 4 is 27.9 Å². The van der Waals surface area contributed by atoms with Crippen molar-refractivity contribution in [2.45, 2.75) is 51.9 Å². The predicted molar refractivity (Wildman–Crippen MR) is 108 cm³/mol. The lowest BCUT2D eigenvalue weighted by Gasteiger charge is -2.21. The maximum Gasteiger partial charge on any atom is 0.224 e. The highest BCUT2D eigenvalue weighted by Gasteiger charge is 2.15. The van der Waals surface area contributed by atoms with E-state index in [9.17, 15) is 4.79 Å². The van der Waals surface area contributed by atoms with Gasteiger partial charge >= 0.3 is 0 Å². The summed E-state index contributed by atoms with van der Waals surface area (Å²) >= 11 is 1.65. The molecule has 2 heterocycles. The summed E-state index contributed by atoms with van der Waals surface area (Å²) in [6, 6.07) is 7.99. The molecule has 1 fully saturated rings. The number of anilines is 1. The Hall–Kier alpha value is -2.14. The average Bonchev–Trinajstić information content (AvgIpc) is 3.24. The maximum atomic E-state index is 12.2. The molecule has 3 aromatic rings. The summed E-state index contributed by atoms with van der Waals surface area (Å²) in [5.74, 6) is 0.872. The minimum absolute atomic E-state index is 0.126. The lowest BCUT2D eigenvalue weighted by atomic mass is 9.86. The number of nitrogens with zero attached hydrogens (tertiary/aromatic N) is 2. The first-order chi connectivity index (χ1) is 12.7. The third-order valence-electron chi connectivity index (χ3n) is 5.36. The Labute approximate surface area is 158 Å². The zero-order valence-corrected chi connectivity index (χ0v) is 16.0. The number of aryl methyl sites for hydroxylation is 1. The average molecular weight is 368 g/mol. The molecule has 4 nitrogen and oxygen atoms in total. The molecule has 1 aliphatic rings. The minimum Gasteiger partial charge on any atom is -0.326 e. The molecule has 1 aromatic carbocycles. The Bertz CT molecular complexity index is 888. The highest BCUT2D eigenvalue weighted by Crippen LogP contribution is 2.28. The SMILES string of the molecule is Cc1csc2nc(-c3ccc(NC(=O)CCC4CCCCC4)cc3)cn12. The number of amides is 1. The van der Waals surface area contributed by atoms with Crippen LogP contribution in [0.2, 0.25) is 0 Å². The second-order valence-electron chi connectivity index (χ2n) is 7.32. The molecule has 1 saturated carbocycles. The van der Waals surface area contributed by atoms with Gasteiger partial charge in [-0.05, 0) is 31.4 Å². The molecule has 0 atom stereocenters. The third-order valence-corrected chi connectivity index (χ3v) is 6.32. The normalized spacial score (nSPS) is 15.4. The van der Waals surface area contributed by atoms with Gasteiger partial charge in [0, 0.05) is 34.9 Å². The zero-order chi connectivity index (χ0) is 17.9. The predicted octanol–water partition coefficient (Wildman–Crippen LogP) is 5.67. The number of carbonyl (C=O) groups is 1. The summed E-state index contributed by atoms with van der Waals surface area (Å²) in [6.45, 7) is 2.08. The second-order valence-corrected chi connectivity index (χ2v) is 8.16. The molecule has 0 unspecified atom stereocenters. The van der Waals surface area contributed by atoms with Crippen LogP contribution < -0.4 is 5.32 Å². The highest BCUT2D eigenvalue weighted by atomic mass is 32.1. The first kappa shape index (κ1) is 17.3. The van der Waals surface area contributed by atoms with Crippen LogP contribution in [0.15, 0.2) is 35.8 Å². The van der Waals surface area contributed by atoms with Crippen molar-refractivity contribution in [1.82, 2.24) is 9.38 Å². The van der Waals surface area contributed by atoms with E-state index in [0.29, 0.717) is 6.42 Å². The van der Waals surface area contributed by atoms with Crippen molar-refractivity contribution in [1.29, 1.82) is 0 Å². The van der Waals surface area contributed by atoms with Crippen LogP contribution in [-0.2, 0) is 4.79 Å². The monoisotopic (exact) mass is 367 g/mol.